The molecule has 3 heterocycles. The van der Waals surface area contributed by atoms with E-state index in [-0.39, 0.29) is 0 Å². The lowest BCUT2D eigenvalue weighted by Gasteiger charge is -2.40. The van der Waals surface area contributed by atoms with Gasteiger partial charge in [-0.2, -0.15) is 0 Å². The van der Waals surface area contributed by atoms with E-state index in [2.05, 4.69) is 33.1 Å². The van der Waals surface area contributed by atoms with E-state index in [1.807, 2.05) is 23.7 Å². The Morgan fingerprint density at radius 2 is 1.85 bits per heavy atom. The Kier molecular flexibility index (Phi) is 4.10. The van der Waals surface area contributed by atoms with E-state index < -0.39 is 0 Å². The second-order valence-electron chi connectivity index (χ2n) is 7.26. The van der Waals surface area contributed by atoms with E-state index in [1.54, 1.807) is 7.11 Å². The number of hydrogen-bond donors (Lipinski definition) is 0. The van der Waals surface area contributed by atoms with Gasteiger partial charge in [-0.1, -0.05) is 6.07 Å². The summed E-state index contributed by atoms with van der Waals surface area (Å²) in [6.07, 6.45) is 8.92. The van der Waals surface area contributed by atoms with Crippen molar-refractivity contribution in [2.45, 2.75) is 37.6 Å². The zero-order valence-corrected chi connectivity index (χ0v) is 15.7. The number of fused-ring (bicyclic) bond motifs is 1. The molecule has 1 aliphatic heterocycles. The number of ether oxygens (including phenoxy) is 1. The summed E-state index contributed by atoms with van der Waals surface area (Å²) in [4.78, 5) is 16.0. The van der Waals surface area contributed by atoms with Crippen LogP contribution in [0.25, 0.3) is 21.3 Å². The van der Waals surface area contributed by atoms with Crippen molar-refractivity contribution < 1.29 is 4.74 Å². The number of rotatable bonds is 4. The van der Waals surface area contributed by atoms with E-state index in [4.69, 9.17) is 9.72 Å². The summed E-state index contributed by atoms with van der Waals surface area (Å²) in [5.41, 5.74) is 3.23. The van der Waals surface area contributed by atoms with Gasteiger partial charge in [0, 0.05) is 29.9 Å². The molecule has 26 heavy (non-hydrogen) atoms. The van der Waals surface area contributed by atoms with Crippen LogP contribution in [0, 0.1) is 0 Å². The van der Waals surface area contributed by atoms with Gasteiger partial charge in [-0.15, -0.1) is 11.3 Å². The average Bonchev–Trinajstić information content (AvgIpc) is 3.30. The van der Waals surface area contributed by atoms with Gasteiger partial charge in [0.25, 0.3) is 0 Å². The van der Waals surface area contributed by atoms with Crippen LogP contribution in [-0.4, -0.2) is 46.1 Å². The molecule has 1 saturated heterocycles. The first-order chi connectivity index (χ1) is 12.8. The van der Waals surface area contributed by atoms with Crippen LogP contribution in [0.4, 0.5) is 0 Å². The molecule has 0 N–H and O–H groups in total. The summed E-state index contributed by atoms with van der Waals surface area (Å²) < 4.78 is 6.28. The molecule has 134 valence electrons. The van der Waals surface area contributed by atoms with Crippen molar-refractivity contribution >= 4 is 21.6 Å². The number of hydrogen-bond acceptors (Lipinski definition) is 6. The van der Waals surface area contributed by atoms with Gasteiger partial charge in [0.05, 0.1) is 22.3 Å². The molecule has 0 atom stereocenters. The average molecular weight is 366 g/mol. The molecule has 0 radical (unpaired) electrons. The molecule has 1 saturated carbocycles. The van der Waals surface area contributed by atoms with Gasteiger partial charge >= 0.3 is 6.01 Å². The molecule has 2 aromatic heterocycles. The molecule has 2 fully saturated rings. The van der Waals surface area contributed by atoms with Gasteiger partial charge in [-0.25, -0.2) is 15.0 Å². The van der Waals surface area contributed by atoms with Crippen molar-refractivity contribution in [2.24, 2.45) is 0 Å². The first-order valence-corrected chi connectivity index (χ1v) is 10.1. The van der Waals surface area contributed by atoms with Crippen LogP contribution in [0.2, 0.25) is 0 Å². The van der Waals surface area contributed by atoms with E-state index in [9.17, 15) is 0 Å². The van der Waals surface area contributed by atoms with E-state index >= 15 is 0 Å². The second-order valence-corrected chi connectivity index (χ2v) is 8.32. The molecule has 0 unspecified atom stereocenters. The summed E-state index contributed by atoms with van der Waals surface area (Å²) in [7, 11) is 1.58. The fourth-order valence-electron chi connectivity index (χ4n) is 4.06. The quantitative estimate of drug-likeness (QED) is 0.696. The number of thiazole rings is 1. The van der Waals surface area contributed by atoms with E-state index in [0.29, 0.717) is 11.9 Å². The molecular formula is C20H22N4OS. The highest BCUT2D eigenvalue weighted by Gasteiger charge is 2.37. The van der Waals surface area contributed by atoms with Crippen molar-refractivity contribution in [3.8, 4) is 17.1 Å². The Labute approximate surface area is 157 Å². The third-order valence-electron chi connectivity index (χ3n) is 5.67. The van der Waals surface area contributed by atoms with Crippen LogP contribution < -0.4 is 4.74 Å². The molecule has 3 aromatic rings. The largest absolute Gasteiger partial charge is 0.467 e. The Morgan fingerprint density at radius 1 is 1.08 bits per heavy atom. The molecule has 0 amide bonds. The zero-order valence-electron chi connectivity index (χ0n) is 14.9. The molecular weight excluding hydrogens is 344 g/mol. The number of aromatic nitrogens is 3. The predicted molar refractivity (Wildman–Crippen MR) is 104 cm³/mol. The molecule has 5 nitrogen and oxygen atoms in total. The molecule has 2 aliphatic rings. The summed E-state index contributed by atoms with van der Waals surface area (Å²) in [6, 6.07) is 7.61. The number of methoxy groups -OCH3 is 1. The fraction of sp³-hybridized carbons (Fsp3) is 0.450. The van der Waals surface area contributed by atoms with Crippen LogP contribution in [0.3, 0.4) is 0 Å². The smallest absolute Gasteiger partial charge is 0.316 e. The standard InChI is InChI=1S/C20H22N4OS/c1-25-20-21-11-15(12-22-20)13-4-5-17-18(10-13)26-19(23-17)14-8-16(9-14)24-6-2-3-7-24/h4-5,10-12,14,16H,2-3,6-9H2,1H3/t14-,16-. The minimum atomic E-state index is 0.396. The minimum Gasteiger partial charge on any atom is -0.467 e. The van der Waals surface area contributed by atoms with Crippen molar-refractivity contribution in [1.82, 2.24) is 19.9 Å². The van der Waals surface area contributed by atoms with Crippen molar-refractivity contribution in [1.29, 1.82) is 0 Å². The molecule has 0 bridgehead atoms. The summed E-state index contributed by atoms with van der Waals surface area (Å²) in [5.74, 6) is 0.644. The van der Waals surface area contributed by atoms with Crippen LogP contribution in [0.5, 0.6) is 6.01 Å². The normalized spacial score (nSPS) is 23.3. The number of nitrogens with zero attached hydrogens (tertiary/aromatic N) is 4. The third-order valence-corrected chi connectivity index (χ3v) is 6.85. The van der Waals surface area contributed by atoms with Crippen LogP contribution in [0.15, 0.2) is 30.6 Å². The van der Waals surface area contributed by atoms with Crippen molar-refractivity contribution in [3.63, 3.8) is 0 Å². The van der Waals surface area contributed by atoms with Crippen LogP contribution in [0.1, 0.15) is 36.6 Å². The van der Waals surface area contributed by atoms with E-state index in [0.717, 1.165) is 22.7 Å². The monoisotopic (exact) mass is 366 g/mol. The van der Waals surface area contributed by atoms with Gasteiger partial charge in [0.2, 0.25) is 0 Å². The molecule has 0 spiro atoms. The highest BCUT2D eigenvalue weighted by atomic mass is 32.1. The zero-order chi connectivity index (χ0) is 17.5. The van der Waals surface area contributed by atoms with Gasteiger partial charge < -0.3 is 9.64 Å². The topological polar surface area (TPSA) is 51.1 Å². The highest BCUT2D eigenvalue weighted by molar-refractivity contribution is 7.18. The lowest BCUT2D eigenvalue weighted by atomic mass is 9.80. The second kappa shape index (κ2) is 6.59. The van der Waals surface area contributed by atoms with Crippen molar-refractivity contribution in [2.75, 3.05) is 20.2 Å². The SMILES string of the molecule is COc1ncc(-c2ccc3nc([C@H]4C[C@H](N5CCCC5)C4)sc3c2)cn1. The first-order valence-electron chi connectivity index (χ1n) is 9.31. The van der Waals surface area contributed by atoms with Gasteiger partial charge in [-0.05, 0) is 56.5 Å². The molecule has 5 rings (SSSR count). The highest BCUT2D eigenvalue weighted by Crippen LogP contribution is 2.43. The summed E-state index contributed by atoms with van der Waals surface area (Å²) >= 11 is 1.85. The van der Waals surface area contributed by atoms with Crippen LogP contribution in [-0.2, 0) is 0 Å². The van der Waals surface area contributed by atoms with E-state index in [1.165, 1.54) is 48.5 Å². The predicted octanol–water partition coefficient (Wildman–Crippen LogP) is 4.10. The molecule has 1 aliphatic carbocycles. The fourth-order valence-corrected chi connectivity index (χ4v) is 5.19. The lowest BCUT2D eigenvalue weighted by Crippen LogP contribution is -2.42. The Bertz CT molecular complexity index is 911. The lowest BCUT2D eigenvalue weighted by molar-refractivity contribution is 0.136. The summed E-state index contributed by atoms with van der Waals surface area (Å²) in [5, 5.41) is 1.30. The Balaban J connectivity index is 1.35. The van der Waals surface area contributed by atoms with Gasteiger partial charge in [0.15, 0.2) is 0 Å². The number of benzene rings is 1. The Hall–Kier alpha value is -2.05. The van der Waals surface area contributed by atoms with Gasteiger partial charge in [0.1, 0.15) is 0 Å². The van der Waals surface area contributed by atoms with Crippen molar-refractivity contribution in [3.05, 3.63) is 35.6 Å². The molecule has 1 aromatic carbocycles. The number of likely N-dealkylation sites (tertiary alicyclic amines) is 1. The maximum Gasteiger partial charge on any atom is 0.316 e. The minimum absolute atomic E-state index is 0.396. The maximum absolute atomic E-state index is 5.04. The Morgan fingerprint density at radius 3 is 2.58 bits per heavy atom. The summed E-state index contributed by atoms with van der Waals surface area (Å²) in [6.45, 7) is 2.59. The maximum atomic E-state index is 5.04. The first kappa shape index (κ1) is 16.1. The van der Waals surface area contributed by atoms with Crippen LogP contribution >= 0.6 is 11.3 Å². The van der Waals surface area contributed by atoms with Gasteiger partial charge in [-0.3, -0.25) is 0 Å². The third kappa shape index (κ3) is 2.87. The molecule has 6 heteroatoms.